The maximum Gasteiger partial charge on any atom is 0.164 e. The van der Waals surface area contributed by atoms with Crippen LogP contribution in [0.25, 0.3) is 105 Å². The van der Waals surface area contributed by atoms with E-state index in [2.05, 4.69) is 199 Å². The number of nitrogens with zero attached hydrogens (tertiary/aromatic N) is 4. The maximum absolute atomic E-state index is 5.33. The molecular formula is C51H32N4. The average Bonchev–Trinajstić information content (AvgIpc) is 3.61. The van der Waals surface area contributed by atoms with E-state index in [1.807, 2.05) is 0 Å². The number of aromatic nitrogens is 4. The lowest BCUT2D eigenvalue weighted by molar-refractivity contribution is 1.08. The molecule has 0 fully saturated rings. The van der Waals surface area contributed by atoms with Crippen LogP contribution in [0.15, 0.2) is 194 Å². The molecule has 2 heterocycles. The average molecular weight is 701 g/mol. The minimum absolute atomic E-state index is 0.635. The van der Waals surface area contributed by atoms with Crippen molar-refractivity contribution in [3.63, 3.8) is 0 Å². The van der Waals surface area contributed by atoms with Gasteiger partial charge >= 0.3 is 0 Å². The van der Waals surface area contributed by atoms with E-state index in [9.17, 15) is 0 Å². The highest BCUT2D eigenvalue weighted by molar-refractivity contribution is 6.22. The molecule has 2 aromatic heterocycles. The molecular weight excluding hydrogens is 669 g/mol. The largest absolute Gasteiger partial charge is 0.309 e. The smallest absolute Gasteiger partial charge is 0.164 e. The Hall–Kier alpha value is -7.43. The van der Waals surface area contributed by atoms with Crippen molar-refractivity contribution < 1.29 is 0 Å². The van der Waals surface area contributed by atoms with E-state index < -0.39 is 0 Å². The summed E-state index contributed by atoms with van der Waals surface area (Å²) < 4.78 is 2.39. The SMILES string of the molecule is c1ccc(-c2ccc3cc(-c4nc(-c5cccc6ccccc56)nc(-c5cccc6c5c5ccc7ccccc7c5n6-c5ccccc5)n4)ccc3c2)cc1. The first-order chi connectivity index (χ1) is 27.3. The number of fused-ring (bicyclic) bond motifs is 7. The lowest BCUT2D eigenvalue weighted by atomic mass is 9.99. The fraction of sp³-hybridized carbons (Fsp3) is 0. The molecule has 0 saturated carbocycles. The fourth-order valence-corrected chi connectivity index (χ4v) is 8.22. The van der Waals surface area contributed by atoms with E-state index in [4.69, 9.17) is 15.0 Å². The Morgan fingerprint density at radius 1 is 0.327 bits per heavy atom. The van der Waals surface area contributed by atoms with Gasteiger partial charge in [0.15, 0.2) is 17.5 Å². The van der Waals surface area contributed by atoms with Crippen LogP contribution in [-0.2, 0) is 0 Å². The van der Waals surface area contributed by atoms with Gasteiger partial charge in [0.2, 0.25) is 0 Å². The minimum atomic E-state index is 0.635. The molecule has 9 aromatic carbocycles. The summed E-state index contributed by atoms with van der Waals surface area (Å²) in [6.45, 7) is 0. The van der Waals surface area contributed by atoms with Gasteiger partial charge in [-0.15, -0.1) is 0 Å². The zero-order valence-corrected chi connectivity index (χ0v) is 29.8. The van der Waals surface area contributed by atoms with E-state index in [1.54, 1.807) is 0 Å². The summed E-state index contributed by atoms with van der Waals surface area (Å²) in [6.07, 6.45) is 0. The van der Waals surface area contributed by atoms with Gasteiger partial charge < -0.3 is 4.57 Å². The molecule has 0 atom stereocenters. The first-order valence-corrected chi connectivity index (χ1v) is 18.6. The number of hydrogen-bond donors (Lipinski definition) is 0. The van der Waals surface area contributed by atoms with Crippen LogP contribution in [0, 0.1) is 0 Å². The predicted octanol–water partition coefficient (Wildman–Crippen LogP) is 13.1. The molecule has 0 radical (unpaired) electrons. The molecule has 11 aromatic rings. The summed E-state index contributed by atoms with van der Waals surface area (Å²) in [7, 11) is 0. The van der Waals surface area contributed by atoms with Gasteiger partial charge in [0.05, 0.1) is 11.0 Å². The van der Waals surface area contributed by atoms with Crippen molar-refractivity contribution in [3.05, 3.63) is 194 Å². The molecule has 0 bridgehead atoms. The van der Waals surface area contributed by atoms with Crippen LogP contribution in [-0.4, -0.2) is 19.5 Å². The summed E-state index contributed by atoms with van der Waals surface area (Å²) in [4.78, 5) is 15.9. The zero-order chi connectivity index (χ0) is 36.3. The molecule has 0 N–H and O–H groups in total. The van der Waals surface area contributed by atoms with Crippen molar-refractivity contribution in [1.82, 2.24) is 19.5 Å². The molecule has 4 heteroatoms. The molecule has 0 amide bonds. The maximum atomic E-state index is 5.33. The summed E-state index contributed by atoms with van der Waals surface area (Å²) in [5.74, 6) is 1.92. The highest BCUT2D eigenvalue weighted by Gasteiger charge is 2.21. The normalized spacial score (nSPS) is 11.6. The number of rotatable bonds is 5. The van der Waals surface area contributed by atoms with Crippen LogP contribution in [0.2, 0.25) is 0 Å². The second-order valence-electron chi connectivity index (χ2n) is 14.0. The van der Waals surface area contributed by atoms with Gasteiger partial charge in [-0.25, -0.2) is 15.0 Å². The fourth-order valence-electron chi connectivity index (χ4n) is 8.22. The van der Waals surface area contributed by atoms with E-state index in [1.165, 1.54) is 32.8 Å². The third-order valence-corrected chi connectivity index (χ3v) is 10.8. The monoisotopic (exact) mass is 700 g/mol. The summed E-state index contributed by atoms with van der Waals surface area (Å²) in [5, 5.41) is 9.20. The van der Waals surface area contributed by atoms with E-state index in [-0.39, 0.29) is 0 Å². The van der Waals surface area contributed by atoms with Gasteiger partial charge in [0.25, 0.3) is 0 Å². The lowest BCUT2D eigenvalue weighted by Crippen LogP contribution is -2.01. The third kappa shape index (κ3) is 5.19. The Labute approximate surface area is 317 Å². The Morgan fingerprint density at radius 3 is 1.69 bits per heavy atom. The molecule has 4 nitrogen and oxygen atoms in total. The third-order valence-electron chi connectivity index (χ3n) is 10.8. The first-order valence-electron chi connectivity index (χ1n) is 18.6. The first kappa shape index (κ1) is 31.1. The Balaban J connectivity index is 1.18. The highest BCUT2D eigenvalue weighted by atomic mass is 15.0. The zero-order valence-electron chi connectivity index (χ0n) is 29.8. The molecule has 0 saturated heterocycles. The highest BCUT2D eigenvalue weighted by Crippen LogP contribution is 2.41. The van der Waals surface area contributed by atoms with E-state index >= 15 is 0 Å². The summed E-state index contributed by atoms with van der Waals surface area (Å²) >= 11 is 0. The minimum Gasteiger partial charge on any atom is -0.309 e. The molecule has 0 spiro atoms. The molecule has 0 aliphatic carbocycles. The Morgan fingerprint density at radius 2 is 0.891 bits per heavy atom. The Kier molecular flexibility index (Phi) is 7.14. The number of hydrogen-bond acceptors (Lipinski definition) is 3. The molecule has 55 heavy (non-hydrogen) atoms. The van der Waals surface area contributed by atoms with E-state index in [0.29, 0.717) is 17.5 Å². The summed E-state index contributed by atoms with van der Waals surface area (Å²) in [5.41, 5.74) is 8.64. The van der Waals surface area contributed by atoms with Gasteiger partial charge in [-0.05, 0) is 68.4 Å². The van der Waals surface area contributed by atoms with Crippen molar-refractivity contribution in [1.29, 1.82) is 0 Å². The van der Waals surface area contributed by atoms with Crippen molar-refractivity contribution in [2.24, 2.45) is 0 Å². The Bertz CT molecular complexity index is 3250. The van der Waals surface area contributed by atoms with Crippen molar-refractivity contribution in [2.45, 2.75) is 0 Å². The topological polar surface area (TPSA) is 43.6 Å². The predicted molar refractivity (Wildman–Crippen MR) is 228 cm³/mol. The van der Waals surface area contributed by atoms with Crippen LogP contribution < -0.4 is 0 Å². The van der Waals surface area contributed by atoms with Gasteiger partial charge in [0.1, 0.15) is 0 Å². The van der Waals surface area contributed by atoms with Gasteiger partial charge in [0, 0.05) is 38.5 Å². The van der Waals surface area contributed by atoms with Crippen LogP contribution in [0.4, 0.5) is 0 Å². The second kappa shape index (κ2) is 12.6. The standard InChI is InChI=1S/C51H32N4/c1-3-13-33(14-4-1)36-25-26-38-32-39(28-27-37(38)31-36)49-52-50(43-22-11-17-34-15-7-9-20-41(34)43)54-51(53-49)45-23-12-24-46-47(45)44-30-29-35-16-8-10-21-42(35)48(44)55(46)40-18-5-2-6-19-40/h1-32H. The van der Waals surface area contributed by atoms with Gasteiger partial charge in [-0.1, -0.05) is 164 Å². The van der Waals surface area contributed by atoms with E-state index in [0.717, 1.165) is 54.8 Å². The number of para-hydroxylation sites is 1. The van der Waals surface area contributed by atoms with Crippen molar-refractivity contribution in [3.8, 4) is 51.0 Å². The molecule has 256 valence electrons. The number of benzene rings is 9. The molecule has 0 unspecified atom stereocenters. The lowest BCUT2D eigenvalue weighted by Gasteiger charge is -2.12. The van der Waals surface area contributed by atoms with Crippen LogP contribution in [0.3, 0.4) is 0 Å². The van der Waals surface area contributed by atoms with Crippen LogP contribution in [0.5, 0.6) is 0 Å². The van der Waals surface area contributed by atoms with Gasteiger partial charge in [-0.3, -0.25) is 0 Å². The molecule has 0 aliphatic heterocycles. The second-order valence-corrected chi connectivity index (χ2v) is 14.0. The van der Waals surface area contributed by atoms with Crippen LogP contribution in [0.1, 0.15) is 0 Å². The quantitative estimate of drug-likeness (QED) is 0.179. The van der Waals surface area contributed by atoms with Crippen molar-refractivity contribution >= 4 is 54.1 Å². The molecule has 0 aliphatic rings. The molecule has 11 rings (SSSR count). The summed E-state index contributed by atoms with van der Waals surface area (Å²) in [6, 6.07) is 68.6. The van der Waals surface area contributed by atoms with Crippen LogP contribution >= 0.6 is 0 Å². The van der Waals surface area contributed by atoms with Gasteiger partial charge in [-0.2, -0.15) is 0 Å². The van der Waals surface area contributed by atoms with Crippen molar-refractivity contribution in [2.75, 3.05) is 0 Å².